The second kappa shape index (κ2) is 8.02. The first-order valence-electron chi connectivity index (χ1n) is 6.51. The molecule has 1 aliphatic carbocycles. The summed E-state index contributed by atoms with van der Waals surface area (Å²) in [6.07, 6.45) is 4.24. The van der Waals surface area contributed by atoms with Gasteiger partial charge in [0.25, 0.3) is 0 Å². The third-order valence-corrected chi connectivity index (χ3v) is 3.17. The lowest BCUT2D eigenvalue weighted by Crippen LogP contribution is -2.27. The number of para-hydroxylation sites is 1. The van der Waals surface area contributed by atoms with Crippen molar-refractivity contribution in [1.82, 2.24) is 5.32 Å². The van der Waals surface area contributed by atoms with Gasteiger partial charge in [0, 0.05) is 25.1 Å². The lowest BCUT2D eigenvalue weighted by molar-refractivity contribution is -0.121. The number of hydrogen-bond acceptors (Lipinski definition) is 3. The van der Waals surface area contributed by atoms with Gasteiger partial charge in [-0.15, -0.1) is 12.4 Å². The minimum absolute atomic E-state index is 0. The van der Waals surface area contributed by atoms with E-state index in [4.69, 9.17) is 10.5 Å². The largest absolute Gasteiger partial charge is 0.490 e. The van der Waals surface area contributed by atoms with Gasteiger partial charge in [0.1, 0.15) is 5.75 Å². The first kappa shape index (κ1) is 15.8. The molecule has 0 aliphatic heterocycles. The average Bonchev–Trinajstić information content (AvgIpc) is 2.33. The number of benzene rings is 1. The maximum atomic E-state index is 11.4. The highest BCUT2D eigenvalue weighted by Crippen LogP contribution is 2.27. The number of nitrogens with two attached hydrogens (primary N) is 1. The van der Waals surface area contributed by atoms with Crippen LogP contribution in [0, 0.1) is 0 Å². The smallest absolute Gasteiger partial charge is 0.221 e. The third-order valence-electron chi connectivity index (χ3n) is 3.17. The zero-order chi connectivity index (χ0) is 12.8. The standard InChI is InChI=1S/C14H20N2O2.ClH/c15-9-8-14(17)16-10-11-4-1-2-7-13(11)18-12-5-3-6-12;/h1-2,4,7,12H,3,5-6,8-10,15H2,(H,16,17);1H. The summed E-state index contributed by atoms with van der Waals surface area (Å²) in [4.78, 5) is 11.4. The van der Waals surface area contributed by atoms with E-state index in [2.05, 4.69) is 5.32 Å². The van der Waals surface area contributed by atoms with Gasteiger partial charge in [0.05, 0.1) is 6.10 Å². The van der Waals surface area contributed by atoms with Crippen LogP contribution in [0.4, 0.5) is 0 Å². The van der Waals surface area contributed by atoms with Gasteiger partial charge in [0.15, 0.2) is 0 Å². The molecule has 4 nitrogen and oxygen atoms in total. The van der Waals surface area contributed by atoms with Gasteiger partial charge < -0.3 is 15.8 Å². The number of amides is 1. The van der Waals surface area contributed by atoms with E-state index in [1.807, 2.05) is 24.3 Å². The Kier molecular flexibility index (Phi) is 6.67. The molecule has 0 radical (unpaired) electrons. The highest BCUT2D eigenvalue weighted by Gasteiger charge is 2.20. The van der Waals surface area contributed by atoms with E-state index in [0.717, 1.165) is 24.2 Å². The normalized spacial score (nSPS) is 14.2. The molecule has 0 unspecified atom stereocenters. The van der Waals surface area contributed by atoms with Gasteiger partial charge in [-0.2, -0.15) is 0 Å². The van der Waals surface area contributed by atoms with E-state index in [1.54, 1.807) is 0 Å². The van der Waals surface area contributed by atoms with Gasteiger partial charge >= 0.3 is 0 Å². The number of carbonyl (C=O) groups excluding carboxylic acids is 1. The zero-order valence-electron chi connectivity index (χ0n) is 10.9. The molecule has 0 spiro atoms. The predicted molar refractivity (Wildman–Crippen MR) is 77.5 cm³/mol. The Bertz CT molecular complexity index is 408. The number of carbonyl (C=O) groups is 1. The second-order valence-electron chi connectivity index (χ2n) is 4.59. The monoisotopic (exact) mass is 284 g/mol. The predicted octanol–water partition coefficient (Wildman–Crippen LogP) is 2.00. The Morgan fingerprint density at radius 2 is 2.11 bits per heavy atom. The van der Waals surface area contributed by atoms with Crippen LogP contribution in [0.3, 0.4) is 0 Å². The number of rotatable bonds is 6. The van der Waals surface area contributed by atoms with Crippen LogP contribution in [0.1, 0.15) is 31.2 Å². The molecule has 1 aromatic rings. The Labute approximate surface area is 120 Å². The van der Waals surface area contributed by atoms with E-state index in [-0.39, 0.29) is 18.3 Å². The molecule has 0 heterocycles. The number of ether oxygens (including phenoxy) is 1. The average molecular weight is 285 g/mol. The lowest BCUT2D eigenvalue weighted by Gasteiger charge is -2.27. The first-order valence-corrected chi connectivity index (χ1v) is 6.51. The van der Waals surface area contributed by atoms with Crippen molar-refractivity contribution < 1.29 is 9.53 Å². The molecule has 1 saturated carbocycles. The number of nitrogens with one attached hydrogen (secondary N) is 1. The van der Waals surface area contributed by atoms with Gasteiger partial charge in [-0.1, -0.05) is 18.2 Å². The van der Waals surface area contributed by atoms with Crippen LogP contribution >= 0.6 is 12.4 Å². The summed E-state index contributed by atoms with van der Waals surface area (Å²) < 4.78 is 5.90. The Hall–Kier alpha value is -1.26. The van der Waals surface area contributed by atoms with Crippen molar-refractivity contribution in [3.05, 3.63) is 29.8 Å². The third kappa shape index (κ3) is 4.73. The summed E-state index contributed by atoms with van der Waals surface area (Å²) in [6.45, 7) is 0.883. The van der Waals surface area contributed by atoms with E-state index < -0.39 is 0 Å². The molecule has 0 atom stereocenters. The molecule has 19 heavy (non-hydrogen) atoms. The van der Waals surface area contributed by atoms with Crippen molar-refractivity contribution in [2.45, 2.75) is 38.3 Å². The van der Waals surface area contributed by atoms with Crippen LogP contribution in [-0.2, 0) is 11.3 Å². The molecule has 0 bridgehead atoms. The highest BCUT2D eigenvalue weighted by molar-refractivity contribution is 5.85. The van der Waals surface area contributed by atoms with Crippen LogP contribution < -0.4 is 15.8 Å². The fourth-order valence-corrected chi connectivity index (χ4v) is 1.85. The maximum absolute atomic E-state index is 11.4. The molecule has 5 heteroatoms. The maximum Gasteiger partial charge on any atom is 0.221 e. The summed E-state index contributed by atoms with van der Waals surface area (Å²) in [6, 6.07) is 7.86. The fraction of sp³-hybridized carbons (Fsp3) is 0.500. The molecule has 1 fully saturated rings. The molecule has 1 amide bonds. The summed E-state index contributed by atoms with van der Waals surface area (Å²) >= 11 is 0. The van der Waals surface area contributed by atoms with Crippen molar-refractivity contribution in [1.29, 1.82) is 0 Å². The summed E-state index contributed by atoms with van der Waals surface area (Å²) in [5, 5.41) is 2.85. The summed E-state index contributed by atoms with van der Waals surface area (Å²) in [5.41, 5.74) is 6.36. The molecular weight excluding hydrogens is 264 g/mol. The zero-order valence-corrected chi connectivity index (χ0v) is 11.7. The van der Waals surface area contributed by atoms with E-state index in [1.165, 1.54) is 6.42 Å². The van der Waals surface area contributed by atoms with Crippen molar-refractivity contribution in [2.24, 2.45) is 5.73 Å². The van der Waals surface area contributed by atoms with Crippen molar-refractivity contribution in [3.8, 4) is 5.75 Å². The SMILES string of the molecule is Cl.NCCC(=O)NCc1ccccc1OC1CCC1. The quantitative estimate of drug-likeness (QED) is 0.840. The Morgan fingerprint density at radius 3 is 2.74 bits per heavy atom. The van der Waals surface area contributed by atoms with Crippen molar-refractivity contribution in [3.63, 3.8) is 0 Å². The van der Waals surface area contributed by atoms with Crippen molar-refractivity contribution in [2.75, 3.05) is 6.54 Å². The summed E-state index contributed by atoms with van der Waals surface area (Å²) in [5.74, 6) is 0.867. The fourth-order valence-electron chi connectivity index (χ4n) is 1.85. The van der Waals surface area contributed by atoms with Crippen LogP contribution in [-0.4, -0.2) is 18.6 Å². The molecule has 1 aliphatic rings. The van der Waals surface area contributed by atoms with Crippen molar-refractivity contribution >= 4 is 18.3 Å². The van der Waals surface area contributed by atoms with Gasteiger partial charge in [-0.05, 0) is 25.3 Å². The van der Waals surface area contributed by atoms with Gasteiger partial charge in [-0.3, -0.25) is 4.79 Å². The van der Waals surface area contributed by atoms with Crippen LogP contribution in [0.2, 0.25) is 0 Å². The van der Waals surface area contributed by atoms with Gasteiger partial charge in [-0.25, -0.2) is 0 Å². The number of hydrogen-bond donors (Lipinski definition) is 2. The van der Waals surface area contributed by atoms with Crippen LogP contribution in [0.15, 0.2) is 24.3 Å². The molecule has 0 saturated heterocycles. The van der Waals surface area contributed by atoms with Crippen LogP contribution in [0.25, 0.3) is 0 Å². The molecule has 0 aromatic heterocycles. The number of halogens is 1. The minimum atomic E-state index is -0.0176. The minimum Gasteiger partial charge on any atom is -0.490 e. The van der Waals surface area contributed by atoms with E-state index in [9.17, 15) is 4.79 Å². The molecule has 1 aromatic carbocycles. The van der Waals surface area contributed by atoms with Crippen LogP contribution in [0.5, 0.6) is 5.75 Å². The summed E-state index contributed by atoms with van der Waals surface area (Å²) in [7, 11) is 0. The van der Waals surface area contributed by atoms with E-state index >= 15 is 0 Å². The molecule has 106 valence electrons. The molecular formula is C14H21ClN2O2. The Balaban J connectivity index is 0.00000180. The Morgan fingerprint density at radius 1 is 1.37 bits per heavy atom. The first-order chi connectivity index (χ1) is 8.79. The lowest BCUT2D eigenvalue weighted by atomic mass is 9.96. The van der Waals surface area contributed by atoms with Gasteiger partial charge in [0.2, 0.25) is 5.91 Å². The second-order valence-corrected chi connectivity index (χ2v) is 4.59. The van der Waals surface area contributed by atoms with E-state index in [0.29, 0.717) is 25.6 Å². The molecule has 3 N–H and O–H groups in total. The molecule has 2 rings (SSSR count). The highest BCUT2D eigenvalue weighted by atomic mass is 35.5. The topological polar surface area (TPSA) is 64.4 Å².